The average Bonchev–Trinajstić information content (AvgIpc) is 2.33. The van der Waals surface area contributed by atoms with E-state index in [-0.39, 0.29) is 5.92 Å². The van der Waals surface area contributed by atoms with E-state index in [9.17, 15) is 0 Å². The molecule has 0 saturated heterocycles. The Balaban J connectivity index is 2.34. The molecule has 1 nitrogen and oxygen atoms in total. The van der Waals surface area contributed by atoms with Crippen LogP contribution in [0.25, 0.3) is 0 Å². The first-order valence-corrected chi connectivity index (χ1v) is 5.07. The van der Waals surface area contributed by atoms with Crippen molar-refractivity contribution in [2.45, 2.75) is 5.92 Å². The van der Waals surface area contributed by atoms with E-state index in [4.69, 9.17) is 5.73 Å². The van der Waals surface area contributed by atoms with Crippen LogP contribution >= 0.6 is 0 Å². The third-order valence-corrected chi connectivity index (χ3v) is 2.51. The van der Waals surface area contributed by atoms with E-state index in [1.54, 1.807) is 6.54 Å². The summed E-state index contributed by atoms with van der Waals surface area (Å²) < 4.78 is 0. The Kier molecular flexibility index (Phi) is 3.15. The topological polar surface area (TPSA) is 26.0 Å². The number of hydrogen-bond acceptors (Lipinski definition) is 1. The van der Waals surface area contributed by atoms with Gasteiger partial charge >= 0.3 is 0 Å². The smallest absolute Gasteiger partial charge is 0.0312 e. The monoisotopic (exact) mass is 196 g/mol. The van der Waals surface area contributed by atoms with Crippen LogP contribution in [-0.2, 0) is 0 Å². The highest BCUT2D eigenvalue weighted by Crippen LogP contribution is 2.24. The molecular formula is C14H14N. The largest absolute Gasteiger partial charge is 0.326 e. The first-order chi connectivity index (χ1) is 7.42. The lowest BCUT2D eigenvalue weighted by molar-refractivity contribution is 0.922. The number of hydrogen-bond donors (Lipinski definition) is 1. The summed E-state index contributed by atoms with van der Waals surface area (Å²) in [5.74, 6) is 0.187. The van der Waals surface area contributed by atoms with Crippen molar-refractivity contribution in [3.63, 3.8) is 0 Å². The Bertz CT molecular complexity index is 355. The van der Waals surface area contributed by atoms with Crippen molar-refractivity contribution in [3.8, 4) is 0 Å². The average molecular weight is 196 g/mol. The molecule has 2 rings (SSSR count). The number of benzene rings is 2. The van der Waals surface area contributed by atoms with Gasteiger partial charge in [-0.3, -0.25) is 0 Å². The van der Waals surface area contributed by atoms with Crippen LogP contribution in [0, 0.1) is 6.54 Å². The van der Waals surface area contributed by atoms with E-state index >= 15 is 0 Å². The zero-order valence-electron chi connectivity index (χ0n) is 8.51. The van der Waals surface area contributed by atoms with E-state index < -0.39 is 0 Å². The zero-order valence-corrected chi connectivity index (χ0v) is 8.51. The number of rotatable bonds is 3. The van der Waals surface area contributed by atoms with Crippen molar-refractivity contribution in [1.82, 2.24) is 0 Å². The third-order valence-electron chi connectivity index (χ3n) is 2.51. The van der Waals surface area contributed by atoms with E-state index in [0.717, 1.165) is 0 Å². The number of nitrogens with two attached hydrogens (primary N) is 1. The molecule has 0 aliphatic heterocycles. The Morgan fingerprint density at radius 3 is 1.47 bits per heavy atom. The minimum absolute atomic E-state index is 0.187. The Labute approximate surface area is 90.6 Å². The molecule has 0 aliphatic carbocycles. The molecule has 0 aliphatic rings. The molecular weight excluding hydrogens is 182 g/mol. The Morgan fingerprint density at radius 2 is 1.13 bits per heavy atom. The Hall–Kier alpha value is -1.60. The summed E-state index contributed by atoms with van der Waals surface area (Å²) in [5.41, 5.74) is 8.17. The molecule has 1 radical (unpaired) electrons. The van der Waals surface area contributed by atoms with E-state index in [1.807, 2.05) is 36.4 Å². The van der Waals surface area contributed by atoms with Crippen molar-refractivity contribution < 1.29 is 0 Å². The van der Waals surface area contributed by atoms with Gasteiger partial charge in [0.15, 0.2) is 0 Å². The fourth-order valence-corrected chi connectivity index (χ4v) is 1.74. The highest BCUT2D eigenvalue weighted by atomic mass is 14.5. The van der Waals surface area contributed by atoms with Crippen molar-refractivity contribution >= 4 is 0 Å². The van der Waals surface area contributed by atoms with Gasteiger partial charge in [0.2, 0.25) is 0 Å². The second-order valence-corrected chi connectivity index (χ2v) is 3.49. The molecule has 0 atom stereocenters. The van der Waals surface area contributed by atoms with Crippen LogP contribution in [0.3, 0.4) is 0 Å². The molecule has 15 heavy (non-hydrogen) atoms. The fourth-order valence-electron chi connectivity index (χ4n) is 1.74. The molecule has 2 aromatic rings. The molecule has 2 N–H and O–H groups in total. The van der Waals surface area contributed by atoms with Crippen LogP contribution in [0.15, 0.2) is 60.7 Å². The van der Waals surface area contributed by atoms with Crippen LogP contribution in [0.2, 0.25) is 0 Å². The first-order valence-electron chi connectivity index (χ1n) is 5.07. The maximum Gasteiger partial charge on any atom is 0.0312 e. The van der Waals surface area contributed by atoms with Gasteiger partial charge in [-0.25, -0.2) is 0 Å². The maximum atomic E-state index is 5.71. The van der Waals surface area contributed by atoms with Crippen molar-refractivity contribution in [1.29, 1.82) is 0 Å². The van der Waals surface area contributed by atoms with Gasteiger partial charge in [0.1, 0.15) is 0 Å². The molecule has 0 aromatic heterocycles. The van der Waals surface area contributed by atoms with E-state index in [1.165, 1.54) is 11.1 Å². The van der Waals surface area contributed by atoms with Gasteiger partial charge in [-0.1, -0.05) is 60.7 Å². The fraction of sp³-hybridized carbons (Fsp3) is 0.0714. The highest BCUT2D eigenvalue weighted by molar-refractivity contribution is 5.34. The van der Waals surface area contributed by atoms with Crippen LogP contribution in [0.4, 0.5) is 0 Å². The SMILES string of the molecule is N[CH]C(c1ccccc1)c1ccccc1. The minimum Gasteiger partial charge on any atom is -0.326 e. The van der Waals surface area contributed by atoms with E-state index in [2.05, 4.69) is 24.3 Å². The van der Waals surface area contributed by atoms with Gasteiger partial charge in [0.05, 0.1) is 0 Å². The summed E-state index contributed by atoms with van der Waals surface area (Å²) in [7, 11) is 0. The standard InChI is InChI=1S/C14H14N/c15-11-14(12-7-3-1-4-8-12)13-9-5-2-6-10-13/h1-11,14H,15H2. The second-order valence-electron chi connectivity index (χ2n) is 3.49. The van der Waals surface area contributed by atoms with Gasteiger partial charge in [-0.15, -0.1) is 0 Å². The van der Waals surface area contributed by atoms with Crippen LogP contribution < -0.4 is 5.73 Å². The lowest BCUT2D eigenvalue weighted by Gasteiger charge is -2.14. The molecule has 0 unspecified atom stereocenters. The molecule has 75 valence electrons. The summed E-state index contributed by atoms with van der Waals surface area (Å²) in [6.07, 6.45) is 0. The van der Waals surface area contributed by atoms with Gasteiger partial charge in [-0.05, 0) is 11.1 Å². The Morgan fingerprint density at radius 1 is 0.733 bits per heavy atom. The van der Waals surface area contributed by atoms with Crippen LogP contribution in [0.1, 0.15) is 17.0 Å². The third kappa shape index (κ3) is 2.25. The normalized spacial score (nSPS) is 10.5. The van der Waals surface area contributed by atoms with Gasteiger partial charge in [0.25, 0.3) is 0 Å². The molecule has 2 aromatic carbocycles. The summed E-state index contributed by atoms with van der Waals surface area (Å²) in [6.45, 7) is 1.74. The highest BCUT2D eigenvalue weighted by Gasteiger charge is 2.10. The van der Waals surface area contributed by atoms with Crippen LogP contribution in [-0.4, -0.2) is 0 Å². The summed E-state index contributed by atoms with van der Waals surface area (Å²) in [6, 6.07) is 20.6. The molecule has 0 spiro atoms. The first kappa shape index (κ1) is 9.94. The van der Waals surface area contributed by atoms with E-state index in [0.29, 0.717) is 0 Å². The molecule has 0 saturated carbocycles. The van der Waals surface area contributed by atoms with Crippen molar-refractivity contribution in [3.05, 3.63) is 78.3 Å². The van der Waals surface area contributed by atoms with Crippen molar-refractivity contribution in [2.75, 3.05) is 0 Å². The molecule has 0 bridgehead atoms. The second kappa shape index (κ2) is 4.76. The van der Waals surface area contributed by atoms with Gasteiger partial charge < -0.3 is 5.73 Å². The lowest BCUT2D eigenvalue weighted by Crippen LogP contribution is -2.07. The molecule has 0 heterocycles. The van der Waals surface area contributed by atoms with Gasteiger partial charge in [0, 0.05) is 12.5 Å². The minimum atomic E-state index is 0.187. The molecule has 0 fully saturated rings. The van der Waals surface area contributed by atoms with Gasteiger partial charge in [-0.2, -0.15) is 0 Å². The predicted molar refractivity (Wildman–Crippen MR) is 63.2 cm³/mol. The summed E-state index contributed by atoms with van der Waals surface area (Å²) in [4.78, 5) is 0. The maximum absolute atomic E-state index is 5.71. The zero-order chi connectivity index (χ0) is 10.5. The predicted octanol–water partition coefficient (Wildman–Crippen LogP) is 2.94. The summed E-state index contributed by atoms with van der Waals surface area (Å²) >= 11 is 0. The molecule has 0 amide bonds. The molecule has 1 heteroatoms. The van der Waals surface area contributed by atoms with Crippen LogP contribution in [0.5, 0.6) is 0 Å². The summed E-state index contributed by atoms with van der Waals surface area (Å²) in [5, 5.41) is 0. The quantitative estimate of drug-likeness (QED) is 0.802. The van der Waals surface area contributed by atoms with Crippen molar-refractivity contribution in [2.24, 2.45) is 5.73 Å². The lowest BCUT2D eigenvalue weighted by atomic mass is 9.92.